The third-order valence-corrected chi connectivity index (χ3v) is 7.94. The Balaban J connectivity index is 1.66. The first kappa shape index (κ1) is 24.0. The lowest BCUT2D eigenvalue weighted by Crippen LogP contribution is -2.44. The molecule has 0 aromatic heterocycles. The van der Waals surface area contributed by atoms with E-state index < -0.39 is 10.0 Å². The first-order chi connectivity index (χ1) is 13.9. The summed E-state index contributed by atoms with van der Waals surface area (Å²) >= 11 is 1.81. The summed E-state index contributed by atoms with van der Waals surface area (Å²) in [6, 6.07) is 10.9. The van der Waals surface area contributed by atoms with Gasteiger partial charge in [0.2, 0.25) is 10.0 Å². The van der Waals surface area contributed by atoms with Crippen LogP contribution in [0.4, 0.5) is 0 Å². The van der Waals surface area contributed by atoms with Gasteiger partial charge in [-0.1, -0.05) is 30.3 Å². The van der Waals surface area contributed by atoms with Gasteiger partial charge >= 0.3 is 0 Å². The normalized spacial score (nSPS) is 17.3. The van der Waals surface area contributed by atoms with Crippen molar-refractivity contribution < 1.29 is 8.42 Å². The van der Waals surface area contributed by atoms with Crippen LogP contribution in [0.15, 0.2) is 35.3 Å². The molecule has 0 radical (unpaired) electrons. The van der Waals surface area contributed by atoms with Crippen LogP contribution in [0.2, 0.25) is 0 Å². The summed E-state index contributed by atoms with van der Waals surface area (Å²) < 4.78 is 26.4. The van der Waals surface area contributed by atoms with E-state index >= 15 is 0 Å². The largest absolute Gasteiger partial charge is 0.356 e. The predicted molar refractivity (Wildman–Crippen MR) is 124 cm³/mol. The number of aliphatic imine (C=N–C) groups is 1. The van der Waals surface area contributed by atoms with Crippen molar-refractivity contribution in [1.29, 1.82) is 0 Å². The molecule has 1 aromatic rings. The van der Waals surface area contributed by atoms with Crippen LogP contribution in [-0.4, -0.2) is 87.2 Å². The van der Waals surface area contributed by atoms with Crippen LogP contribution in [0.25, 0.3) is 0 Å². The molecule has 9 heteroatoms. The first-order valence-electron chi connectivity index (χ1n) is 10.2. The Bertz CT molecular complexity index is 722. The lowest BCUT2D eigenvalue weighted by Gasteiger charge is -2.26. The molecule has 1 aromatic carbocycles. The van der Waals surface area contributed by atoms with Crippen LogP contribution in [-0.2, 0) is 16.6 Å². The Morgan fingerprint density at radius 2 is 1.86 bits per heavy atom. The molecule has 29 heavy (non-hydrogen) atoms. The van der Waals surface area contributed by atoms with Gasteiger partial charge < -0.3 is 10.6 Å². The summed E-state index contributed by atoms with van der Waals surface area (Å²) in [5.74, 6) is 2.50. The summed E-state index contributed by atoms with van der Waals surface area (Å²) in [6.45, 7) is 5.50. The molecule has 0 saturated carbocycles. The third kappa shape index (κ3) is 8.54. The van der Waals surface area contributed by atoms with Gasteiger partial charge in [0.25, 0.3) is 0 Å². The highest BCUT2D eigenvalue weighted by Gasteiger charge is 2.23. The summed E-state index contributed by atoms with van der Waals surface area (Å²) in [5.41, 5.74) is 1.31. The topological polar surface area (TPSA) is 77.0 Å². The van der Waals surface area contributed by atoms with Gasteiger partial charge in [-0.05, 0) is 26.0 Å². The lowest BCUT2D eigenvalue weighted by molar-refractivity contribution is 0.238. The van der Waals surface area contributed by atoms with Crippen LogP contribution in [0.5, 0.6) is 0 Å². The van der Waals surface area contributed by atoms with Crippen LogP contribution in [0.1, 0.15) is 18.9 Å². The predicted octanol–water partition coefficient (Wildman–Crippen LogP) is 1.44. The SMILES string of the molecule is CN=C(NCCC(C)N(C)Cc1ccccc1)NCCS(=O)(=O)N1CCSCC1. The van der Waals surface area contributed by atoms with Crippen molar-refractivity contribution in [2.24, 2.45) is 4.99 Å². The standard InChI is InChI=1S/C20H35N5O2S2/c1-18(24(3)17-19-7-5-4-6-8-19)9-10-22-20(21-2)23-11-16-29(26,27)25-12-14-28-15-13-25/h4-8,18H,9-17H2,1-3H3,(H2,21,22,23). The molecule has 1 unspecified atom stereocenters. The minimum Gasteiger partial charge on any atom is -0.356 e. The maximum Gasteiger partial charge on any atom is 0.215 e. The molecule has 7 nitrogen and oxygen atoms in total. The molecular formula is C20H35N5O2S2. The average Bonchev–Trinajstić information content (AvgIpc) is 2.73. The number of hydrogen-bond donors (Lipinski definition) is 2. The smallest absolute Gasteiger partial charge is 0.215 e. The van der Waals surface area contributed by atoms with Gasteiger partial charge in [-0.2, -0.15) is 11.8 Å². The van der Waals surface area contributed by atoms with E-state index in [1.54, 1.807) is 23.1 Å². The highest BCUT2D eigenvalue weighted by molar-refractivity contribution is 7.99. The second kappa shape index (κ2) is 12.4. The Morgan fingerprint density at radius 3 is 2.52 bits per heavy atom. The van der Waals surface area contributed by atoms with Crippen molar-refractivity contribution in [3.05, 3.63) is 35.9 Å². The fourth-order valence-electron chi connectivity index (χ4n) is 3.12. The van der Waals surface area contributed by atoms with Gasteiger partial charge in [-0.25, -0.2) is 12.7 Å². The maximum absolute atomic E-state index is 12.4. The van der Waals surface area contributed by atoms with Gasteiger partial charge in [0.1, 0.15) is 0 Å². The zero-order valence-electron chi connectivity index (χ0n) is 17.8. The van der Waals surface area contributed by atoms with Crippen LogP contribution in [0, 0.1) is 0 Å². The van der Waals surface area contributed by atoms with E-state index in [0.29, 0.717) is 31.6 Å². The maximum atomic E-state index is 12.4. The average molecular weight is 442 g/mol. The number of nitrogens with zero attached hydrogens (tertiary/aromatic N) is 3. The number of rotatable bonds is 10. The van der Waals surface area contributed by atoms with Crippen LogP contribution < -0.4 is 10.6 Å². The fourth-order valence-corrected chi connectivity index (χ4v) is 5.61. The van der Waals surface area contributed by atoms with E-state index in [9.17, 15) is 8.42 Å². The lowest BCUT2D eigenvalue weighted by atomic mass is 10.1. The van der Waals surface area contributed by atoms with Crippen LogP contribution in [0.3, 0.4) is 0 Å². The molecule has 2 rings (SSSR count). The molecule has 1 fully saturated rings. The van der Waals surface area contributed by atoms with Crippen LogP contribution >= 0.6 is 11.8 Å². The van der Waals surface area contributed by atoms with Gasteiger partial charge in [-0.3, -0.25) is 9.89 Å². The van der Waals surface area contributed by atoms with Gasteiger partial charge in [0.15, 0.2) is 5.96 Å². The molecule has 1 aliphatic heterocycles. The Kier molecular flexibility index (Phi) is 10.3. The van der Waals surface area contributed by atoms with Crippen molar-refractivity contribution in [3.8, 4) is 0 Å². The monoisotopic (exact) mass is 441 g/mol. The number of sulfonamides is 1. The van der Waals surface area contributed by atoms with Gasteiger partial charge in [-0.15, -0.1) is 0 Å². The number of guanidine groups is 1. The first-order valence-corrected chi connectivity index (χ1v) is 12.9. The van der Waals surface area contributed by atoms with Crippen molar-refractivity contribution >= 4 is 27.7 Å². The van der Waals surface area contributed by atoms with E-state index in [2.05, 4.69) is 58.8 Å². The highest BCUT2D eigenvalue weighted by Crippen LogP contribution is 2.13. The Morgan fingerprint density at radius 1 is 1.21 bits per heavy atom. The minimum absolute atomic E-state index is 0.0918. The quantitative estimate of drug-likeness (QED) is 0.423. The molecule has 0 aliphatic carbocycles. The van der Waals surface area contributed by atoms with E-state index in [1.165, 1.54) is 5.56 Å². The van der Waals surface area contributed by atoms with Crippen molar-refractivity contribution in [2.75, 3.05) is 57.5 Å². The number of hydrogen-bond acceptors (Lipinski definition) is 5. The molecule has 1 atom stereocenters. The van der Waals surface area contributed by atoms with Gasteiger partial charge in [0.05, 0.1) is 5.75 Å². The molecule has 164 valence electrons. The second-order valence-corrected chi connectivity index (χ2v) is 10.6. The second-order valence-electron chi connectivity index (χ2n) is 7.29. The zero-order valence-corrected chi connectivity index (χ0v) is 19.4. The Hall–Kier alpha value is -1.29. The molecule has 0 spiro atoms. The molecule has 2 N–H and O–H groups in total. The summed E-state index contributed by atoms with van der Waals surface area (Å²) in [7, 11) is 0.645. The van der Waals surface area contributed by atoms with E-state index in [-0.39, 0.29) is 5.75 Å². The van der Waals surface area contributed by atoms with E-state index in [4.69, 9.17) is 0 Å². The zero-order chi connectivity index (χ0) is 21.1. The third-order valence-electron chi connectivity index (χ3n) is 5.12. The fraction of sp³-hybridized carbons (Fsp3) is 0.650. The molecular weight excluding hydrogens is 406 g/mol. The molecule has 1 heterocycles. The molecule has 0 bridgehead atoms. The Labute approximate surface area is 180 Å². The summed E-state index contributed by atoms with van der Waals surface area (Å²) in [6.07, 6.45) is 0.966. The molecule has 0 amide bonds. The van der Waals surface area contributed by atoms with Crippen molar-refractivity contribution in [3.63, 3.8) is 0 Å². The minimum atomic E-state index is -3.19. The summed E-state index contributed by atoms with van der Waals surface area (Å²) in [5, 5.41) is 6.41. The van der Waals surface area contributed by atoms with E-state index in [0.717, 1.165) is 31.0 Å². The molecule has 1 aliphatic rings. The number of nitrogens with one attached hydrogen (secondary N) is 2. The van der Waals surface area contributed by atoms with Gasteiger partial charge in [0, 0.05) is 57.3 Å². The molecule has 1 saturated heterocycles. The number of benzene rings is 1. The number of thioether (sulfide) groups is 1. The van der Waals surface area contributed by atoms with E-state index in [1.807, 2.05) is 6.07 Å². The van der Waals surface area contributed by atoms with Crippen molar-refractivity contribution in [2.45, 2.75) is 25.9 Å². The van der Waals surface area contributed by atoms with Crippen molar-refractivity contribution in [1.82, 2.24) is 19.8 Å². The highest BCUT2D eigenvalue weighted by atomic mass is 32.2. The summed E-state index contributed by atoms with van der Waals surface area (Å²) in [4.78, 5) is 6.53.